The Kier molecular flexibility index (Phi) is 16.9. The zero-order valence-electron chi connectivity index (χ0n) is 26.5. The molecule has 0 aliphatic heterocycles. The van der Waals surface area contributed by atoms with Crippen LogP contribution in [0.4, 0.5) is 0 Å². The van der Waals surface area contributed by atoms with Crippen LogP contribution in [0.1, 0.15) is 107 Å². The van der Waals surface area contributed by atoms with Gasteiger partial charge in [-0.1, -0.05) is 74.3 Å². The molecule has 0 fully saturated rings. The highest BCUT2D eigenvalue weighted by atomic mass is 35.5. The van der Waals surface area contributed by atoms with Crippen LogP contribution in [-0.2, 0) is 4.12 Å². The van der Waals surface area contributed by atoms with Gasteiger partial charge in [0.05, 0.1) is 0 Å². The molecule has 0 saturated heterocycles. The van der Waals surface area contributed by atoms with Crippen LogP contribution in [0, 0.1) is 0 Å². The third-order valence-electron chi connectivity index (χ3n) is 8.97. The predicted molar refractivity (Wildman–Crippen MR) is 178 cm³/mol. The molecule has 1 nitrogen and oxygen atoms in total. The smallest absolute Gasteiger partial charge is 0.179 e. The van der Waals surface area contributed by atoms with E-state index in [1.165, 1.54) is 35.1 Å². The molecule has 0 radical (unpaired) electrons. The van der Waals surface area contributed by atoms with Gasteiger partial charge < -0.3 is 4.12 Å². The van der Waals surface area contributed by atoms with E-state index in [0.717, 1.165) is 38.5 Å². The van der Waals surface area contributed by atoms with Gasteiger partial charge in [0.2, 0.25) is 0 Å². The Morgan fingerprint density at radius 2 is 0.865 bits per heavy atom. The van der Waals surface area contributed by atoms with Gasteiger partial charge in [0, 0.05) is 11.8 Å². The summed E-state index contributed by atoms with van der Waals surface area (Å²) in [6.45, 7) is 28.6. The largest absolute Gasteiger partial charge is 0.455 e. The summed E-state index contributed by atoms with van der Waals surface area (Å²) in [5, 5.41) is 0.447. The molecule has 0 aliphatic rings. The van der Waals surface area contributed by atoms with Crippen molar-refractivity contribution in [3.8, 4) is 0 Å². The second-order valence-electron chi connectivity index (χ2n) is 13.5. The third-order valence-corrected chi connectivity index (χ3v) is 20.4. The molecule has 216 valence electrons. The van der Waals surface area contributed by atoms with E-state index in [4.69, 9.17) is 27.3 Å². The Balaban J connectivity index is 5.07. The maximum absolute atomic E-state index is 7.30. The quantitative estimate of drug-likeness (QED) is 0.0880. The van der Waals surface area contributed by atoms with Crippen LogP contribution in [0.5, 0.6) is 0 Å². The van der Waals surface area contributed by atoms with Gasteiger partial charge >= 0.3 is 0 Å². The second kappa shape index (κ2) is 16.9. The van der Waals surface area contributed by atoms with Crippen LogP contribution in [0.3, 0.4) is 0 Å². The second-order valence-corrected chi connectivity index (χ2v) is 23.7. The van der Waals surface area contributed by atoms with Crippen molar-refractivity contribution in [2.45, 2.75) is 143 Å². The molecule has 0 amide bonds. The molecule has 0 aromatic rings. The summed E-state index contributed by atoms with van der Waals surface area (Å²) in [5.41, 5.74) is 5.78. The van der Waals surface area contributed by atoms with Crippen LogP contribution in [0.2, 0.25) is 36.3 Å². The Labute approximate surface area is 244 Å². The summed E-state index contributed by atoms with van der Waals surface area (Å²) in [5.74, 6) is 1.23. The Bertz CT molecular complexity index is 736. The van der Waals surface area contributed by atoms with Crippen molar-refractivity contribution < 1.29 is 4.12 Å². The molecule has 37 heavy (non-hydrogen) atoms. The van der Waals surface area contributed by atoms with Crippen molar-refractivity contribution in [2.24, 2.45) is 0 Å². The van der Waals surface area contributed by atoms with E-state index in [2.05, 4.69) is 106 Å². The molecule has 0 aromatic carbocycles. The highest BCUT2D eigenvalue weighted by Gasteiger charge is 2.49. The molecular formula is C32H60Cl2OSi2. The maximum Gasteiger partial charge on any atom is 0.179 e. The molecule has 0 spiro atoms. The SMILES string of the molecule is C/C(=C\CCl)CC/C=C(\C)CCC(C)(C)[Si](C)(C)O[Si](C)(C)C(C)(C)CC/C(C)=C/CC/C(C)=C/CCl. The molecule has 0 N–H and O–H groups in total. The van der Waals surface area contributed by atoms with Gasteiger partial charge in [-0.15, -0.1) is 23.2 Å². The van der Waals surface area contributed by atoms with Gasteiger partial charge in [0.15, 0.2) is 16.6 Å². The lowest BCUT2D eigenvalue weighted by molar-refractivity contribution is 0.410. The lowest BCUT2D eigenvalue weighted by atomic mass is 10.0. The summed E-state index contributed by atoms with van der Waals surface area (Å²) < 4.78 is 7.30. The minimum Gasteiger partial charge on any atom is -0.455 e. The lowest BCUT2D eigenvalue weighted by Crippen LogP contribution is -2.55. The van der Waals surface area contributed by atoms with Gasteiger partial charge in [0.1, 0.15) is 0 Å². The fraction of sp³-hybridized carbons (Fsp3) is 0.750. The standard InChI is InChI=1S/C32H60Cl2OSi2/c1-27(15-13-17-29(3)21-25-33)19-23-31(5,6)36(9,10)35-37(11,12)32(7,8)24-20-28(2)16-14-18-30(4)22-26-34/h15-16,21-22H,13-14,17-20,23-26H2,1-12H3/b27-15+,28-16+,29-21+,30-22+. The molecule has 0 bridgehead atoms. The average molecular weight is 588 g/mol. The first-order valence-electron chi connectivity index (χ1n) is 14.4. The summed E-state index contributed by atoms with van der Waals surface area (Å²) in [6.07, 6.45) is 18.2. The number of allylic oxidation sites excluding steroid dienone is 8. The van der Waals surface area contributed by atoms with E-state index in [1.807, 2.05) is 0 Å². The van der Waals surface area contributed by atoms with Gasteiger partial charge in [-0.3, -0.25) is 0 Å². The van der Waals surface area contributed by atoms with E-state index in [1.54, 1.807) is 0 Å². The number of halogens is 2. The molecule has 0 aromatic heterocycles. The lowest BCUT2D eigenvalue weighted by Gasteiger charge is -2.49. The van der Waals surface area contributed by atoms with Crippen molar-refractivity contribution >= 4 is 39.8 Å². The molecule has 0 aliphatic carbocycles. The average Bonchev–Trinajstić information content (AvgIpc) is 2.76. The summed E-state index contributed by atoms with van der Waals surface area (Å²) >= 11 is 11.6. The van der Waals surface area contributed by atoms with Crippen molar-refractivity contribution in [3.63, 3.8) is 0 Å². The molecular weight excluding hydrogens is 527 g/mol. The Morgan fingerprint density at radius 1 is 0.568 bits per heavy atom. The van der Waals surface area contributed by atoms with E-state index >= 15 is 0 Å². The van der Waals surface area contributed by atoms with Gasteiger partial charge in [-0.2, -0.15) is 0 Å². The van der Waals surface area contributed by atoms with Crippen LogP contribution in [0.25, 0.3) is 0 Å². The normalized spacial score (nSPS) is 15.5. The minimum atomic E-state index is -1.92. The van der Waals surface area contributed by atoms with Crippen LogP contribution < -0.4 is 0 Å². The Morgan fingerprint density at radius 3 is 1.16 bits per heavy atom. The van der Waals surface area contributed by atoms with Crippen molar-refractivity contribution in [3.05, 3.63) is 46.6 Å². The molecule has 0 saturated carbocycles. The van der Waals surface area contributed by atoms with Gasteiger partial charge in [0.25, 0.3) is 0 Å². The summed E-state index contributed by atoms with van der Waals surface area (Å²) in [7, 11) is -3.84. The van der Waals surface area contributed by atoms with Crippen LogP contribution in [0.15, 0.2) is 46.6 Å². The molecule has 0 unspecified atom stereocenters. The molecule has 5 heteroatoms. The fourth-order valence-corrected chi connectivity index (χ4v) is 13.6. The van der Waals surface area contributed by atoms with E-state index in [-0.39, 0.29) is 10.1 Å². The maximum atomic E-state index is 7.30. The van der Waals surface area contributed by atoms with Gasteiger partial charge in [-0.25, -0.2) is 0 Å². The minimum absolute atomic E-state index is 0.223. The number of alkyl halides is 2. The number of hydrogen-bond donors (Lipinski definition) is 0. The molecule has 0 heterocycles. The first-order chi connectivity index (χ1) is 16.9. The van der Waals surface area contributed by atoms with Crippen molar-refractivity contribution in [1.82, 2.24) is 0 Å². The highest BCUT2D eigenvalue weighted by molar-refractivity contribution is 6.87. The first kappa shape index (κ1) is 36.9. The zero-order valence-corrected chi connectivity index (χ0v) is 30.1. The van der Waals surface area contributed by atoms with Crippen molar-refractivity contribution in [2.75, 3.05) is 11.8 Å². The molecule has 0 rings (SSSR count). The topological polar surface area (TPSA) is 9.23 Å². The van der Waals surface area contributed by atoms with Crippen molar-refractivity contribution in [1.29, 1.82) is 0 Å². The van der Waals surface area contributed by atoms with E-state index in [9.17, 15) is 0 Å². The summed E-state index contributed by atoms with van der Waals surface area (Å²) in [6, 6.07) is 0. The third kappa shape index (κ3) is 14.2. The summed E-state index contributed by atoms with van der Waals surface area (Å²) in [4.78, 5) is 0. The fourth-order valence-electron chi connectivity index (χ4n) is 4.30. The van der Waals surface area contributed by atoms with Gasteiger partial charge in [-0.05, 0) is 115 Å². The van der Waals surface area contributed by atoms with Crippen LogP contribution >= 0.6 is 23.2 Å². The highest BCUT2D eigenvalue weighted by Crippen LogP contribution is 2.49. The first-order valence-corrected chi connectivity index (χ1v) is 21.2. The Hall–Kier alpha value is -0.0662. The predicted octanol–water partition coefficient (Wildman–Crippen LogP) is 12.4. The van der Waals surface area contributed by atoms with E-state index < -0.39 is 16.6 Å². The molecule has 0 atom stereocenters. The zero-order chi connectivity index (χ0) is 28.9. The van der Waals surface area contributed by atoms with Crippen LogP contribution in [-0.4, -0.2) is 28.4 Å². The van der Waals surface area contributed by atoms with E-state index in [0.29, 0.717) is 11.8 Å². The monoisotopic (exact) mass is 586 g/mol. The number of rotatable bonds is 18. The number of hydrogen-bond acceptors (Lipinski definition) is 1.